The second kappa shape index (κ2) is 3.15. The minimum absolute atomic E-state index is 0.133. The third-order valence-corrected chi connectivity index (χ3v) is 3.48. The van der Waals surface area contributed by atoms with Crippen molar-refractivity contribution in [1.82, 2.24) is 0 Å². The minimum Gasteiger partial charge on any atom is -0.313 e. The molecule has 0 aromatic heterocycles. The average molecular weight is 217 g/mol. The second-order valence-electron chi connectivity index (χ2n) is 4.39. The molecule has 1 fully saturated rings. The third-order valence-electron chi connectivity index (χ3n) is 3.48. The van der Waals surface area contributed by atoms with E-state index in [0.717, 1.165) is 23.6 Å². The van der Waals surface area contributed by atoms with Crippen LogP contribution in [0.3, 0.4) is 0 Å². The molecule has 2 aliphatic carbocycles. The van der Waals surface area contributed by atoms with Crippen molar-refractivity contribution in [3.63, 3.8) is 0 Å². The maximum Gasteiger partial charge on any atom is 0.234 e. The molecule has 3 atom stereocenters. The zero-order valence-electron chi connectivity index (χ0n) is 8.45. The van der Waals surface area contributed by atoms with E-state index in [4.69, 9.17) is 6.57 Å². The summed E-state index contributed by atoms with van der Waals surface area (Å²) in [4.78, 5) is 3.52. The van der Waals surface area contributed by atoms with Gasteiger partial charge in [0, 0.05) is 0 Å². The third kappa shape index (κ3) is 1.26. The number of rotatable bonds is 1. The molecule has 0 amide bonds. The minimum atomic E-state index is -0.813. The average Bonchev–Trinajstić information content (AvgIpc) is 2.74. The molecule has 3 heteroatoms. The van der Waals surface area contributed by atoms with Crippen LogP contribution >= 0.6 is 0 Å². The van der Waals surface area contributed by atoms with Gasteiger partial charge in [0.25, 0.3) is 0 Å². The van der Waals surface area contributed by atoms with E-state index in [9.17, 15) is 8.78 Å². The normalized spacial score (nSPS) is 30.6. The van der Waals surface area contributed by atoms with Crippen molar-refractivity contribution in [3.05, 3.63) is 52.9 Å². The van der Waals surface area contributed by atoms with Crippen LogP contribution in [0.2, 0.25) is 0 Å². The zero-order chi connectivity index (χ0) is 11.3. The lowest BCUT2D eigenvalue weighted by Crippen LogP contribution is -1.92. The Balaban J connectivity index is 1.88. The van der Waals surface area contributed by atoms with Crippen LogP contribution in [0, 0.1) is 30.0 Å². The highest BCUT2D eigenvalue weighted by Crippen LogP contribution is 2.54. The number of benzene rings is 1. The highest BCUT2D eigenvalue weighted by Gasteiger charge is 2.59. The molecular weight excluding hydrogens is 208 g/mol. The van der Waals surface area contributed by atoms with E-state index in [1.807, 2.05) is 6.08 Å². The van der Waals surface area contributed by atoms with Gasteiger partial charge in [-0.1, -0.05) is 12.1 Å². The molecule has 3 rings (SSSR count). The smallest absolute Gasteiger partial charge is 0.234 e. The molecule has 0 aliphatic heterocycles. The summed E-state index contributed by atoms with van der Waals surface area (Å²) in [5, 5.41) is 0. The van der Waals surface area contributed by atoms with Gasteiger partial charge in [0.05, 0.1) is 11.8 Å². The lowest BCUT2D eigenvalue weighted by atomic mass is 10.0. The van der Waals surface area contributed by atoms with Crippen LogP contribution < -0.4 is 0 Å². The molecule has 0 spiro atoms. The Morgan fingerprint density at radius 2 is 2.06 bits per heavy atom. The van der Waals surface area contributed by atoms with Gasteiger partial charge in [0.1, 0.15) is 0 Å². The first-order valence-electron chi connectivity index (χ1n) is 5.23. The van der Waals surface area contributed by atoms with Gasteiger partial charge >= 0.3 is 0 Å². The molecule has 16 heavy (non-hydrogen) atoms. The first kappa shape index (κ1) is 9.53. The van der Waals surface area contributed by atoms with Gasteiger partial charge in [-0.2, -0.15) is 0 Å². The van der Waals surface area contributed by atoms with Gasteiger partial charge in [-0.05, 0) is 29.7 Å². The number of halogens is 2. The molecule has 0 heterocycles. The molecule has 2 aliphatic rings. The monoisotopic (exact) mass is 217 g/mol. The summed E-state index contributed by atoms with van der Waals surface area (Å²) < 4.78 is 25.8. The predicted octanol–water partition coefficient (Wildman–Crippen LogP) is 3.29. The molecule has 0 radical (unpaired) electrons. The van der Waals surface area contributed by atoms with Crippen LogP contribution in [0.4, 0.5) is 8.78 Å². The van der Waals surface area contributed by atoms with E-state index in [0.29, 0.717) is 11.8 Å². The molecule has 0 unspecified atom stereocenters. The number of nitrogens with zero attached hydrogens (tertiary/aromatic N) is 1. The van der Waals surface area contributed by atoms with Gasteiger partial charge in [-0.25, -0.2) is 15.4 Å². The maximum absolute atomic E-state index is 13.0. The number of hydrogen-bond donors (Lipinski definition) is 0. The van der Waals surface area contributed by atoms with Crippen LogP contribution in [0.15, 0.2) is 24.3 Å². The molecule has 0 bridgehead atoms. The fraction of sp³-hybridized carbons (Fsp3) is 0.308. The van der Waals surface area contributed by atoms with Crippen molar-refractivity contribution in [2.45, 2.75) is 12.5 Å². The van der Waals surface area contributed by atoms with E-state index >= 15 is 0 Å². The SMILES string of the molecule is [C-]#[N+][C@@H]1[C@H]2C=C(c3ccc(F)c(F)c3)C[C@H]21. The van der Waals surface area contributed by atoms with Gasteiger partial charge in [0.15, 0.2) is 11.6 Å². The van der Waals surface area contributed by atoms with Crippen molar-refractivity contribution in [2.75, 3.05) is 0 Å². The Bertz CT molecular complexity index is 527. The first-order valence-corrected chi connectivity index (χ1v) is 5.23. The summed E-state index contributed by atoms with van der Waals surface area (Å²) in [6.07, 6.45) is 2.86. The van der Waals surface area contributed by atoms with E-state index in [-0.39, 0.29) is 6.04 Å². The Hall–Kier alpha value is -1.69. The standard InChI is InChI=1S/C13H9F2N/c1-16-13-9-4-8(5-10(9)13)7-2-3-11(14)12(15)6-7/h2-4,6,9-10,13H,5H2/t9-,10+,13+/m0/s1. The van der Waals surface area contributed by atoms with Gasteiger partial charge in [-0.15, -0.1) is 0 Å². The molecule has 1 aromatic carbocycles. The van der Waals surface area contributed by atoms with Crippen molar-refractivity contribution in [3.8, 4) is 0 Å². The molecule has 0 N–H and O–H groups in total. The Labute approximate surface area is 92.2 Å². The lowest BCUT2D eigenvalue weighted by molar-refractivity contribution is 0.508. The second-order valence-corrected chi connectivity index (χ2v) is 4.39. The van der Waals surface area contributed by atoms with Crippen molar-refractivity contribution < 1.29 is 8.78 Å². The Morgan fingerprint density at radius 1 is 1.25 bits per heavy atom. The molecular formula is C13H9F2N. The molecule has 0 saturated heterocycles. The Kier molecular flexibility index (Phi) is 1.88. The van der Waals surface area contributed by atoms with Gasteiger partial charge in [0.2, 0.25) is 6.04 Å². The van der Waals surface area contributed by atoms with E-state index in [1.165, 1.54) is 6.07 Å². The molecule has 1 saturated carbocycles. The highest BCUT2D eigenvalue weighted by molar-refractivity contribution is 5.70. The zero-order valence-corrected chi connectivity index (χ0v) is 8.45. The fourth-order valence-corrected chi connectivity index (χ4v) is 2.51. The number of hydrogen-bond acceptors (Lipinski definition) is 0. The van der Waals surface area contributed by atoms with Crippen LogP contribution in [-0.2, 0) is 0 Å². The van der Waals surface area contributed by atoms with E-state index in [2.05, 4.69) is 4.85 Å². The van der Waals surface area contributed by atoms with Gasteiger partial charge in [-0.3, -0.25) is 0 Å². The lowest BCUT2D eigenvalue weighted by Gasteiger charge is -2.04. The largest absolute Gasteiger partial charge is 0.313 e. The van der Waals surface area contributed by atoms with Crippen LogP contribution in [0.5, 0.6) is 0 Å². The fourth-order valence-electron chi connectivity index (χ4n) is 2.51. The molecule has 1 nitrogen and oxygen atoms in total. The number of fused-ring (bicyclic) bond motifs is 1. The van der Waals surface area contributed by atoms with Crippen molar-refractivity contribution >= 4 is 5.57 Å². The molecule has 1 aromatic rings. The maximum atomic E-state index is 13.0. The van der Waals surface area contributed by atoms with E-state index in [1.54, 1.807) is 6.07 Å². The Morgan fingerprint density at radius 3 is 2.62 bits per heavy atom. The predicted molar refractivity (Wildman–Crippen MR) is 56.3 cm³/mol. The highest BCUT2D eigenvalue weighted by atomic mass is 19.2. The van der Waals surface area contributed by atoms with Crippen LogP contribution in [0.25, 0.3) is 10.4 Å². The summed E-state index contributed by atoms with van der Waals surface area (Å²) in [5.41, 5.74) is 1.80. The molecule has 80 valence electrons. The first-order chi connectivity index (χ1) is 7.70. The van der Waals surface area contributed by atoms with E-state index < -0.39 is 11.6 Å². The topological polar surface area (TPSA) is 4.36 Å². The summed E-state index contributed by atoms with van der Waals surface area (Å²) >= 11 is 0. The van der Waals surface area contributed by atoms with Crippen molar-refractivity contribution in [1.29, 1.82) is 0 Å². The quantitative estimate of drug-likeness (QED) is 0.636. The number of allylic oxidation sites excluding steroid dienone is 1. The van der Waals surface area contributed by atoms with Crippen molar-refractivity contribution in [2.24, 2.45) is 11.8 Å². The van der Waals surface area contributed by atoms with Gasteiger partial charge < -0.3 is 4.85 Å². The summed E-state index contributed by atoms with van der Waals surface area (Å²) in [7, 11) is 0. The van der Waals surface area contributed by atoms with Crippen LogP contribution in [-0.4, -0.2) is 6.04 Å². The summed E-state index contributed by atoms with van der Waals surface area (Å²) in [6.45, 7) is 6.94. The summed E-state index contributed by atoms with van der Waals surface area (Å²) in [6, 6.07) is 4.12. The summed E-state index contributed by atoms with van der Waals surface area (Å²) in [5.74, 6) is -0.853. The van der Waals surface area contributed by atoms with Crippen LogP contribution in [0.1, 0.15) is 12.0 Å².